The molecule has 7 heteroatoms. The van der Waals surface area contributed by atoms with Crippen LogP contribution in [-0.2, 0) is 13.0 Å². The monoisotopic (exact) mass is 506 g/mol. The predicted molar refractivity (Wildman–Crippen MR) is 130 cm³/mol. The van der Waals surface area contributed by atoms with Crippen LogP contribution in [-0.4, -0.2) is 33.6 Å². The number of halogens is 1. The summed E-state index contributed by atoms with van der Waals surface area (Å²) in [6, 6.07) is 14.8. The maximum absolute atomic E-state index is 4.65. The minimum Gasteiger partial charge on any atom is -0.357 e. The van der Waals surface area contributed by atoms with E-state index in [-0.39, 0.29) is 24.0 Å². The molecule has 0 saturated carbocycles. The maximum atomic E-state index is 4.65. The van der Waals surface area contributed by atoms with Gasteiger partial charge in [0.2, 0.25) is 0 Å². The molecule has 3 aromatic rings. The van der Waals surface area contributed by atoms with Gasteiger partial charge in [0.15, 0.2) is 17.4 Å². The molecule has 6 nitrogen and oxygen atoms in total. The van der Waals surface area contributed by atoms with Crippen molar-refractivity contribution in [3.63, 3.8) is 0 Å². The first-order chi connectivity index (χ1) is 13.7. The number of benzene rings is 1. The van der Waals surface area contributed by atoms with Crippen molar-refractivity contribution >= 4 is 35.6 Å². The second-order valence-corrected chi connectivity index (χ2v) is 7.17. The van der Waals surface area contributed by atoms with E-state index in [2.05, 4.69) is 70.9 Å². The Kier molecular flexibility index (Phi) is 9.37. The number of nitrogens with one attached hydrogen (secondary N) is 2. The SMILES string of the molecule is CCNC(=NCc1nnc2ccccn12)NCCCc1ccc(C(C)C)cc1.I. The van der Waals surface area contributed by atoms with Crippen molar-refractivity contribution in [3.05, 3.63) is 65.6 Å². The van der Waals surface area contributed by atoms with E-state index in [1.54, 1.807) is 0 Å². The lowest BCUT2D eigenvalue weighted by Gasteiger charge is -2.11. The Hall–Kier alpha value is -2.16. The summed E-state index contributed by atoms with van der Waals surface area (Å²) in [5.41, 5.74) is 3.61. The third-order valence-electron chi connectivity index (χ3n) is 4.69. The molecule has 0 aliphatic carbocycles. The second-order valence-electron chi connectivity index (χ2n) is 7.17. The molecule has 2 N–H and O–H groups in total. The van der Waals surface area contributed by atoms with Gasteiger partial charge in [0.25, 0.3) is 0 Å². The summed E-state index contributed by atoms with van der Waals surface area (Å²) < 4.78 is 1.97. The lowest BCUT2D eigenvalue weighted by Crippen LogP contribution is -2.37. The molecule has 0 atom stereocenters. The number of aliphatic imine (C=N–C) groups is 1. The molecule has 0 aliphatic heterocycles. The van der Waals surface area contributed by atoms with Gasteiger partial charge in [-0.15, -0.1) is 34.2 Å². The van der Waals surface area contributed by atoms with Crippen LogP contribution in [0.2, 0.25) is 0 Å². The van der Waals surface area contributed by atoms with Crippen molar-refractivity contribution in [2.75, 3.05) is 13.1 Å². The highest BCUT2D eigenvalue weighted by Gasteiger charge is 2.05. The molecule has 0 saturated heterocycles. The summed E-state index contributed by atoms with van der Waals surface area (Å²) in [4.78, 5) is 4.65. The Labute approximate surface area is 190 Å². The standard InChI is InChI=1S/C22H30N6.HI/c1-4-23-22(25-16-21-27-26-20-9-5-6-15-28(20)21)24-14-7-8-18-10-12-19(13-11-18)17(2)3;/h5-6,9-13,15,17H,4,7-8,14,16H2,1-3H3,(H2,23,24,25);1H. The van der Waals surface area contributed by atoms with Crippen LogP contribution in [0.15, 0.2) is 53.7 Å². The highest BCUT2D eigenvalue weighted by Crippen LogP contribution is 2.15. The van der Waals surface area contributed by atoms with Gasteiger partial charge in [-0.1, -0.05) is 44.2 Å². The largest absolute Gasteiger partial charge is 0.357 e. The first kappa shape index (κ1) is 23.1. The summed E-state index contributed by atoms with van der Waals surface area (Å²) in [5.74, 6) is 2.22. The maximum Gasteiger partial charge on any atom is 0.191 e. The Balaban J connectivity index is 0.00000300. The lowest BCUT2D eigenvalue weighted by atomic mass is 10.0. The summed E-state index contributed by atoms with van der Waals surface area (Å²) in [5, 5.41) is 15.1. The first-order valence-electron chi connectivity index (χ1n) is 10.1. The fourth-order valence-electron chi connectivity index (χ4n) is 3.06. The molecular weight excluding hydrogens is 475 g/mol. The van der Waals surface area contributed by atoms with Gasteiger partial charge in [0, 0.05) is 19.3 Å². The number of rotatable bonds is 8. The number of aromatic nitrogens is 3. The second kappa shape index (κ2) is 11.7. The van der Waals surface area contributed by atoms with Crippen molar-refractivity contribution in [2.24, 2.45) is 4.99 Å². The zero-order chi connectivity index (χ0) is 19.8. The third-order valence-corrected chi connectivity index (χ3v) is 4.69. The molecule has 1 aromatic carbocycles. The Bertz CT molecular complexity index is 901. The van der Waals surface area contributed by atoms with Gasteiger partial charge < -0.3 is 10.6 Å². The van der Waals surface area contributed by atoms with Gasteiger partial charge in [-0.2, -0.15) is 0 Å². The lowest BCUT2D eigenvalue weighted by molar-refractivity contribution is 0.739. The average Bonchev–Trinajstić information content (AvgIpc) is 3.13. The summed E-state index contributed by atoms with van der Waals surface area (Å²) in [7, 11) is 0. The van der Waals surface area contributed by atoms with Gasteiger partial charge in [0.05, 0.1) is 0 Å². The summed E-state index contributed by atoms with van der Waals surface area (Å²) in [6.45, 7) is 8.70. The van der Waals surface area contributed by atoms with Gasteiger partial charge in [-0.05, 0) is 48.9 Å². The van der Waals surface area contributed by atoms with E-state index >= 15 is 0 Å². The number of pyridine rings is 1. The zero-order valence-electron chi connectivity index (χ0n) is 17.4. The number of guanidine groups is 1. The van der Waals surface area contributed by atoms with Gasteiger partial charge in [-0.3, -0.25) is 4.40 Å². The Morgan fingerprint density at radius 3 is 2.59 bits per heavy atom. The van der Waals surface area contributed by atoms with Crippen LogP contribution in [0.25, 0.3) is 5.65 Å². The van der Waals surface area contributed by atoms with Crippen LogP contribution in [0.4, 0.5) is 0 Å². The van der Waals surface area contributed by atoms with Crippen molar-refractivity contribution in [3.8, 4) is 0 Å². The van der Waals surface area contributed by atoms with Gasteiger partial charge in [0.1, 0.15) is 6.54 Å². The number of fused-ring (bicyclic) bond motifs is 1. The number of hydrogen-bond donors (Lipinski definition) is 2. The van der Waals surface area contributed by atoms with E-state index < -0.39 is 0 Å². The van der Waals surface area contributed by atoms with E-state index in [1.807, 2.05) is 28.8 Å². The van der Waals surface area contributed by atoms with E-state index in [1.165, 1.54) is 11.1 Å². The molecule has 0 aliphatic rings. The molecule has 0 radical (unpaired) electrons. The average molecular weight is 506 g/mol. The van der Waals surface area contributed by atoms with E-state index in [0.29, 0.717) is 12.5 Å². The van der Waals surface area contributed by atoms with E-state index in [0.717, 1.165) is 43.4 Å². The van der Waals surface area contributed by atoms with Crippen molar-refractivity contribution in [1.29, 1.82) is 0 Å². The molecule has 3 rings (SSSR count). The smallest absolute Gasteiger partial charge is 0.191 e. The summed E-state index contributed by atoms with van der Waals surface area (Å²) >= 11 is 0. The minimum absolute atomic E-state index is 0. The van der Waals surface area contributed by atoms with E-state index in [4.69, 9.17) is 0 Å². The fourth-order valence-corrected chi connectivity index (χ4v) is 3.06. The molecular formula is C22H31IN6. The van der Waals surface area contributed by atoms with Crippen LogP contribution in [0, 0.1) is 0 Å². The number of nitrogens with zero attached hydrogens (tertiary/aromatic N) is 4. The highest BCUT2D eigenvalue weighted by molar-refractivity contribution is 14.0. The molecule has 0 spiro atoms. The van der Waals surface area contributed by atoms with Crippen LogP contribution in [0.1, 0.15) is 50.1 Å². The quantitative estimate of drug-likeness (QED) is 0.209. The van der Waals surface area contributed by atoms with Crippen molar-refractivity contribution in [2.45, 2.75) is 46.1 Å². The molecule has 29 heavy (non-hydrogen) atoms. The Morgan fingerprint density at radius 1 is 1.07 bits per heavy atom. The van der Waals surface area contributed by atoms with E-state index in [9.17, 15) is 0 Å². The molecule has 156 valence electrons. The zero-order valence-corrected chi connectivity index (χ0v) is 19.8. The molecule has 0 fully saturated rings. The molecule has 2 aromatic heterocycles. The normalized spacial score (nSPS) is 11.5. The topological polar surface area (TPSA) is 66.6 Å². The Morgan fingerprint density at radius 2 is 1.86 bits per heavy atom. The van der Waals surface area contributed by atoms with Crippen LogP contribution in [0.5, 0.6) is 0 Å². The molecule has 0 amide bonds. The van der Waals surface area contributed by atoms with Crippen LogP contribution >= 0.6 is 24.0 Å². The van der Waals surface area contributed by atoms with Crippen LogP contribution in [0.3, 0.4) is 0 Å². The van der Waals surface area contributed by atoms with Gasteiger partial charge >= 0.3 is 0 Å². The molecule has 0 unspecified atom stereocenters. The van der Waals surface area contributed by atoms with Crippen molar-refractivity contribution in [1.82, 2.24) is 25.2 Å². The first-order valence-corrected chi connectivity index (χ1v) is 10.1. The van der Waals surface area contributed by atoms with Crippen molar-refractivity contribution < 1.29 is 0 Å². The fraction of sp³-hybridized carbons (Fsp3) is 0.409. The molecule has 2 heterocycles. The van der Waals surface area contributed by atoms with Gasteiger partial charge in [-0.25, -0.2) is 4.99 Å². The highest BCUT2D eigenvalue weighted by atomic mass is 127. The molecule has 0 bridgehead atoms. The predicted octanol–water partition coefficient (Wildman–Crippen LogP) is 4.16. The minimum atomic E-state index is 0. The third kappa shape index (κ3) is 6.69. The number of hydrogen-bond acceptors (Lipinski definition) is 3. The number of aryl methyl sites for hydroxylation is 1. The van der Waals surface area contributed by atoms with Crippen LogP contribution < -0.4 is 10.6 Å². The summed E-state index contributed by atoms with van der Waals surface area (Å²) in [6.07, 6.45) is 4.07.